The molecule has 1 aromatic heterocycles. The molecule has 0 radical (unpaired) electrons. The second-order valence-electron chi connectivity index (χ2n) is 7.05. The second-order valence-corrected chi connectivity index (χ2v) is 7.05. The molecule has 0 unspecified atom stereocenters. The van der Waals surface area contributed by atoms with Crippen LogP contribution in [0.1, 0.15) is 28.9 Å². The average molecular weight is 343 g/mol. The maximum atomic E-state index is 12.2. The Morgan fingerprint density at radius 2 is 2.08 bits per heavy atom. The monoisotopic (exact) mass is 343 g/mol. The molecule has 1 aliphatic rings. The quantitative estimate of drug-likeness (QED) is 0.772. The van der Waals surface area contributed by atoms with Crippen molar-refractivity contribution in [3.8, 4) is 0 Å². The molecular formula is C19H25N3O3. The number of aromatic nitrogens is 2. The van der Waals surface area contributed by atoms with Gasteiger partial charge in [0.2, 0.25) is 0 Å². The molecule has 134 valence electrons. The lowest BCUT2D eigenvalue weighted by molar-refractivity contribution is -0.163. The maximum absolute atomic E-state index is 12.2. The number of nitrogens with one attached hydrogen (secondary N) is 1. The molecule has 6 heteroatoms. The van der Waals surface area contributed by atoms with Crippen molar-refractivity contribution in [2.45, 2.75) is 39.3 Å². The van der Waals surface area contributed by atoms with Crippen LogP contribution in [0.3, 0.4) is 0 Å². The highest BCUT2D eigenvalue weighted by Crippen LogP contribution is 2.35. The number of aryl methyl sites for hydroxylation is 2. The highest BCUT2D eigenvalue weighted by Gasteiger charge is 2.49. The van der Waals surface area contributed by atoms with Crippen molar-refractivity contribution in [2.75, 3.05) is 13.1 Å². The van der Waals surface area contributed by atoms with Crippen molar-refractivity contribution in [3.05, 3.63) is 52.8 Å². The molecule has 0 bridgehead atoms. The van der Waals surface area contributed by atoms with E-state index in [9.17, 15) is 15.0 Å². The van der Waals surface area contributed by atoms with Crippen LogP contribution in [0.2, 0.25) is 0 Å². The Morgan fingerprint density at radius 3 is 2.68 bits per heavy atom. The van der Waals surface area contributed by atoms with Crippen molar-refractivity contribution in [1.82, 2.24) is 15.1 Å². The fourth-order valence-electron chi connectivity index (χ4n) is 3.75. The van der Waals surface area contributed by atoms with Crippen LogP contribution in [0, 0.1) is 19.3 Å². The van der Waals surface area contributed by atoms with Crippen LogP contribution < -0.4 is 0 Å². The third-order valence-corrected chi connectivity index (χ3v) is 5.31. The molecule has 1 saturated heterocycles. The van der Waals surface area contributed by atoms with Crippen LogP contribution in [-0.4, -0.2) is 50.5 Å². The Balaban J connectivity index is 1.85. The van der Waals surface area contributed by atoms with Crippen LogP contribution >= 0.6 is 0 Å². The summed E-state index contributed by atoms with van der Waals surface area (Å²) in [7, 11) is 0. The number of carboxylic acid groups (broad SMARTS) is 1. The zero-order chi connectivity index (χ0) is 18.0. The number of nitrogens with zero attached hydrogens (tertiary/aromatic N) is 2. The third kappa shape index (κ3) is 3.45. The molecule has 0 aliphatic carbocycles. The predicted octanol–water partition coefficient (Wildman–Crippen LogP) is 1.91. The molecule has 2 atom stereocenters. The summed E-state index contributed by atoms with van der Waals surface area (Å²) in [4.78, 5) is 14.3. The molecule has 2 aromatic rings. The second kappa shape index (κ2) is 6.98. The third-order valence-electron chi connectivity index (χ3n) is 5.31. The lowest BCUT2D eigenvalue weighted by Crippen LogP contribution is -2.56. The van der Waals surface area contributed by atoms with E-state index in [-0.39, 0.29) is 0 Å². The van der Waals surface area contributed by atoms with Crippen molar-refractivity contribution in [3.63, 3.8) is 0 Å². The number of aliphatic hydroxyl groups excluding tert-OH is 1. The van der Waals surface area contributed by atoms with Gasteiger partial charge in [0.05, 0.1) is 11.8 Å². The first-order valence-corrected chi connectivity index (χ1v) is 8.60. The molecular weight excluding hydrogens is 318 g/mol. The first-order chi connectivity index (χ1) is 11.9. The van der Waals surface area contributed by atoms with Crippen LogP contribution in [-0.2, 0) is 17.8 Å². The van der Waals surface area contributed by atoms with E-state index in [1.165, 1.54) is 0 Å². The molecule has 1 aliphatic heterocycles. The Kier molecular flexibility index (Phi) is 4.92. The number of piperidine rings is 1. The summed E-state index contributed by atoms with van der Waals surface area (Å²) in [6.07, 6.45) is -0.0766. The molecule has 1 aromatic carbocycles. The average Bonchev–Trinajstić information content (AvgIpc) is 2.90. The van der Waals surface area contributed by atoms with Crippen molar-refractivity contribution >= 4 is 5.97 Å². The van der Waals surface area contributed by atoms with E-state index in [1.54, 1.807) is 0 Å². The van der Waals surface area contributed by atoms with E-state index in [2.05, 4.69) is 15.1 Å². The number of H-pyrrole nitrogens is 1. The lowest BCUT2D eigenvalue weighted by Gasteiger charge is -2.43. The lowest BCUT2D eigenvalue weighted by atomic mass is 9.72. The van der Waals surface area contributed by atoms with Crippen LogP contribution in [0.4, 0.5) is 0 Å². The van der Waals surface area contributed by atoms with Gasteiger partial charge in [-0.15, -0.1) is 0 Å². The summed E-state index contributed by atoms with van der Waals surface area (Å²) < 4.78 is 0. The van der Waals surface area contributed by atoms with Crippen LogP contribution in [0.15, 0.2) is 30.3 Å². The van der Waals surface area contributed by atoms with Crippen molar-refractivity contribution in [2.24, 2.45) is 5.41 Å². The van der Waals surface area contributed by atoms with Gasteiger partial charge in [0.1, 0.15) is 5.41 Å². The Morgan fingerprint density at radius 1 is 1.36 bits per heavy atom. The Hall–Kier alpha value is -2.18. The fourth-order valence-corrected chi connectivity index (χ4v) is 3.75. The van der Waals surface area contributed by atoms with E-state index in [0.29, 0.717) is 32.5 Å². The normalized spacial score (nSPS) is 24.4. The number of aliphatic carboxylic acids is 1. The highest BCUT2D eigenvalue weighted by atomic mass is 16.4. The first kappa shape index (κ1) is 17.6. The number of aromatic amines is 1. The standard InChI is InChI=1S/C19H25N3O3/c1-13-16(14(2)21-20-13)11-22-9-8-17(23)19(12-22,18(24)25)10-15-6-4-3-5-7-15/h3-7,17,23H,8-12H2,1-2H3,(H,20,21)(H,24,25)/t17-,19+/m0/s1. The number of hydrogen-bond acceptors (Lipinski definition) is 4. The SMILES string of the molecule is Cc1n[nH]c(C)c1CN1CC[C@H](O)[C@](Cc2ccccc2)(C(=O)O)C1. The van der Waals surface area contributed by atoms with E-state index in [1.807, 2.05) is 44.2 Å². The summed E-state index contributed by atoms with van der Waals surface area (Å²) >= 11 is 0. The van der Waals surface area contributed by atoms with E-state index in [4.69, 9.17) is 0 Å². The number of carbonyl (C=O) groups is 1. The fraction of sp³-hybridized carbons (Fsp3) is 0.474. The Bertz CT molecular complexity index is 724. The van der Waals surface area contributed by atoms with E-state index < -0.39 is 17.5 Å². The molecule has 0 spiro atoms. The number of rotatable bonds is 5. The summed E-state index contributed by atoms with van der Waals surface area (Å²) in [5.74, 6) is -0.936. The molecule has 2 heterocycles. The molecule has 25 heavy (non-hydrogen) atoms. The van der Waals surface area contributed by atoms with Gasteiger partial charge in [0, 0.05) is 30.9 Å². The van der Waals surface area contributed by atoms with Gasteiger partial charge in [-0.3, -0.25) is 14.8 Å². The molecule has 1 fully saturated rings. The van der Waals surface area contributed by atoms with Crippen molar-refractivity contribution in [1.29, 1.82) is 0 Å². The number of likely N-dealkylation sites (tertiary alicyclic amines) is 1. The number of hydrogen-bond donors (Lipinski definition) is 3. The highest BCUT2D eigenvalue weighted by molar-refractivity contribution is 5.76. The van der Waals surface area contributed by atoms with Gasteiger partial charge in [-0.25, -0.2) is 0 Å². The zero-order valence-electron chi connectivity index (χ0n) is 14.7. The summed E-state index contributed by atoms with van der Waals surface area (Å²) in [6.45, 7) is 5.57. The van der Waals surface area contributed by atoms with Gasteiger partial charge < -0.3 is 10.2 Å². The van der Waals surface area contributed by atoms with Crippen molar-refractivity contribution < 1.29 is 15.0 Å². The number of benzene rings is 1. The largest absolute Gasteiger partial charge is 0.481 e. The minimum absolute atomic E-state index is 0.322. The molecule has 0 amide bonds. The van der Waals surface area contributed by atoms with Gasteiger partial charge in [-0.2, -0.15) is 5.10 Å². The maximum Gasteiger partial charge on any atom is 0.313 e. The Labute approximate surface area is 147 Å². The topological polar surface area (TPSA) is 89.5 Å². The molecule has 0 saturated carbocycles. The minimum Gasteiger partial charge on any atom is -0.481 e. The van der Waals surface area contributed by atoms with E-state index >= 15 is 0 Å². The minimum atomic E-state index is -1.19. The summed E-state index contributed by atoms with van der Waals surface area (Å²) in [5.41, 5.74) is 2.79. The number of carboxylic acids is 1. The molecule has 3 N–H and O–H groups in total. The zero-order valence-corrected chi connectivity index (χ0v) is 14.7. The predicted molar refractivity (Wildman–Crippen MR) is 94.2 cm³/mol. The van der Waals surface area contributed by atoms with Gasteiger partial charge in [-0.05, 0) is 32.3 Å². The smallest absolute Gasteiger partial charge is 0.313 e. The van der Waals surface area contributed by atoms with Gasteiger partial charge in [-0.1, -0.05) is 30.3 Å². The van der Waals surface area contributed by atoms with E-state index in [0.717, 1.165) is 22.5 Å². The summed E-state index contributed by atoms with van der Waals surface area (Å²) in [6, 6.07) is 9.54. The van der Waals surface area contributed by atoms with Crippen LogP contribution in [0.25, 0.3) is 0 Å². The number of aliphatic hydroxyl groups is 1. The van der Waals surface area contributed by atoms with Gasteiger partial charge in [0.25, 0.3) is 0 Å². The van der Waals surface area contributed by atoms with Gasteiger partial charge in [0.15, 0.2) is 0 Å². The summed E-state index contributed by atoms with van der Waals surface area (Å²) in [5, 5.41) is 27.7. The molecule has 3 rings (SSSR count). The van der Waals surface area contributed by atoms with Gasteiger partial charge >= 0.3 is 5.97 Å². The first-order valence-electron chi connectivity index (χ1n) is 8.60. The van der Waals surface area contributed by atoms with Crippen LogP contribution in [0.5, 0.6) is 0 Å². The molecule has 6 nitrogen and oxygen atoms in total.